The lowest BCUT2D eigenvalue weighted by Gasteiger charge is -2.43. The summed E-state index contributed by atoms with van der Waals surface area (Å²) < 4.78 is 52.8. The monoisotopic (exact) mass is 652 g/mol. The van der Waals surface area contributed by atoms with Crippen LogP contribution in [0.5, 0.6) is 51.7 Å². The first-order valence-electron chi connectivity index (χ1n) is 15.3. The molecule has 5 aromatic rings. The molecule has 2 aliphatic rings. The largest absolute Gasteiger partial charge is 0.493 e. The van der Waals surface area contributed by atoms with Crippen LogP contribution in [0.25, 0.3) is 32.7 Å². The van der Waals surface area contributed by atoms with Gasteiger partial charge < -0.3 is 42.6 Å². The van der Waals surface area contributed by atoms with Gasteiger partial charge in [0, 0.05) is 28.5 Å². The van der Waals surface area contributed by atoms with Crippen molar-refractivity contribution in [3.63, 3.8) is 0 Å². The van der Waals surface area contributed by atoms with E-state index in [1.165, 1.54) is 0 Å². The molecule has 7 rings (SSSR count). The van der Waals surface area contributed by atoms with Crippen LogP contribution in [0.2, 0.25) is 0 Å². The number of carbonyl (C=O) groups excluding carboxylic acids is 1. The molecular formula is C38H36O10. The number of hydrogen-bond donors (Lipinski definition) is 0. The Kier molecular flexibility index (Phi) is 7.53. The second-order valence-corrected chi connectivity index (χ2v) is 11.6. The van der Waals surface area contributed by atoms with Crippen LogP contribution in [0.15, 0.2) is 48.5 Å². The van der Waals surface area contributed by atoms with Gasteiger partial charge in [-0.05, 0) is 82.2 Å². The predicted octanol–water partition coefficient (Wildman–Crippen LogP) is 7.15. The van der Waals surface area contributed by atoms with Crippen molar-refractivity contribution in [1.29, 1.82) is 0 Å². The fourth-order valence-corrected chi connectivity index (χ4v) is 7.23. The molecule has 1 unspecified atom stereocenters. The van der Waals surface area contributed by atoms with Crippen LogP contribution >= 0.6 is 0 Å². The Balaban J connectivity index is 1.57. The lowest BCUT2D eigenvalue weighted by atomic mass is 9.70. The molecule has 0 amide bonds. The van der Waals surface area contributed by atoms with Gasteiger partial charge in [-0.1, -0.05) is 0 Å². The molecule has 0 bridgehead atoms. The van der Waals surface area contributed by atoms with E-state index in [1.54, 1.807) is 62.9 Å². The summed E-state index contributed by atoms with van der Waals surface area (Å²) >= 11 is 0. The summed E-state index contributed by atoms with van der Waals surface area (Å²) in [5.74, 6) is 4.55. The van der Waals surface area contributed by atoms with Crippen LogP contribution in [0.4, 0.5) is 0 Å². The fraction of sp³-hybridized carbons (Fsp3) is 0.289. The number of rotatable bonds is 8. The van der Waals surface area contributed by atoms with E-state index in [0.717, 1.165) is 32.7 Å². The van der Waals surface area contributed by atoms with Crippen LogP contribution in [0.1, 0.15) is 27.9 Å². The summed E-state index contributed by atoms with van der Waals surface area (Å²) in [6, 6.07) is 15.0. The van der Waals surface area contributed by atoms with Gasteiger partial charge in [-0.25, -0.2) is 0 Å². The molecule has 5 aromatic carbocycles. The van der Waals surface area contributed by atoms with Gasteiger partial charge in [-0.15, -0.1) is 0 Å². The highest BCUT2D eigenvalue weighted by atomic mass is 16.5. The second kappa shape index (κ2) is 11.6. The van der Waals surface area contributed by atoms with Gasteiger partial charge in [0.15, 0.2) is 51.6 Å². The Morgan fingerprint density at radius 2 is 0.875 bits per heavy atom. The Labute approximate surface area is 277 Å². The minimum Gasteiger partial charge on any atom is -0.493 e. The minimum absolute atomic E-state index is 0.204. The number of fused-ring (bicyclic) bond motifs is 10. The van der Waals surface area contributed by atoms with E-state index in [9.17, 15) is 0 Å². The van der Waals surface area contributed by atoms with Crippen molar-refractivity contribution in [2.75, 3.05) is 56.9 Å². The number of ether oxygens (including phenoxy) is 9. The number of benzene rings is 5. The summed E-state index contributed by atoms with van der Waals surface area (Å²) in [4.78, 5) is 15.0. The highest BCUT2D eigenvalue weighted by Gasteiger charge is 2.52. The Morgan fingerprint density at radius 3 is 1.40 bits per heavy atom. The van der Waals surface area contributed by atoms with E-state index in [2.05, 4.69) is 0 Å². The highest BCUT2D eigenvalue weighted by molar-refractivity contribution is 6.16. The molecule has 1 aliphatic heterocycles. The van der Waals surface area contributed by atoms with Crippen molar-refractivity contribution in [2.24, 2.45) is 0 Å². The summed E-state index contributed by atoms with van der Waals surface area (Å²) in [7, 11) is 12.7. The second-order valence-electron chi connectivity index (χ2n) is 11.6. The van der Waals surface area contributed by atoms with Crippen molar-refractivity contribution in [2.45, 2.75) is 18.4 Å². The molecule has 1 atom stereocenters. The predicted molar refractivity (Wildman–Crippen MR) is 181 cm³/mol. The van der Waals surface area contributed by atoms with Gasteiger partial charge in [0.1, 0.15) is 5.75 Å². The molecule has 10 nitrogen and oxygen atoms in total. The third-order valence-corrected chi connectivity index (χ3v) is 9.57. The minimum atomic E-state index is -1.42. The van der Waals surface area contributed by atoms with E-state index < -0.39 is 5.60 Å². The molecule has 0 saturated carbocycles. The third kappa shape index (κ3) is 4.28. The standard InChI is InChI=1S/C38H36O10/c1-40-28-11-20-19-9-10-38(48-36(19)25-16-33(45-6)30(42-3)13-22(25)21(20)12-29(28)41-2)27-18-35(47-8)32(44-5)15-24(27)23-14-31(43-4)34(46-7)17-26(23)37(38)39/h11-18H,9-10H2,1-8H3. The maximum Gasteiger partial charge on any atom is 0.211 e. The van der Waals surface area contributed by atoms with Gasteiger partial charge in [0.25, 0.3) is 0 Å². The SMILES string of the molecule is COc1cc2c(cc1OC)-c1cc(OC)c(OC)cc1C1(CCc3c(c4cc(OC)c(OC)cc4c4cc(OC)c(OC)cc34)O1)C2=O. The van der Waals surface area contributed by atoms with Crippen LogP contribution < -0.4 is 42.6 Å². The zero-order valence-corrected chi connectivity index (χ0v) is 28.1. The van der Waals surface area contributed by atoms with Crippen LogP contribution in [0, 0.1) is 0 Å². The Morgan fingerprint density at radius 1 is 0.479 bits per heavy atom. The molecule has 48 heavy (non-hydrogen) atoms. The number of methoxy groups -OCH3 is 8. The van der Waals surface area contributed by atoms with Crippen molar-refractivity contribution in [1.82, 2.24) is 0 Å². The van der Waals surface area contributed by atoms with Crippen molar-refractivity contribution in [3.8, 4) is 62.9 Å². The molecule has 0 aromatic heterocycles. The lowest BCUT2D eigenvalue weighted by molar-refractivity contribution is 0.0335. The normalized spacial score (nSPS) is 16.0. The molecule has 0 fully saturated rings. The van der Waals surface area contributed by atoms with E-state index in [4.69, 9.17) is 42.6 Å². The number of ketones is 1. The number of Topliss-reactive ketones (excluding diaryl/α,β-unsaturated/α-hetero) is 1. The van der Waals surface area contributed by atoms with Crippen molar-refractivity contribution < 1.29 is 47.4 Å². The molecule has 10 heteroatoms. The van der Waals surface area contributed by atoms with Crippen LogP contribution in [-0.2, 0) is 12.0 Å². The van der Waals surface area contributed by atoms with E-state index >= 15 is 4.79 Å². The third-order valence-electron chi connectivity index (χ3n) is 9.57. The first-order valence-corrected chi connectivity index (χ1v) is 15.3. The first kappa shape index (κ1) is 31.1. The molecule has 1 aliphatic carbocycles. The zero-order chi connectivity index (χ0) is 33.9. The molecule has 1 spiro atoms. The van der Waals surface area contributed by atoms with Crippen LogP contribution in [-0.4, -0.2) is 62.7 Å². The number of hydrogen-bond acceptors (Lipinski definition) is 10. The Bertz CT molecular complexity index is 2140. The zero-order valence-electron chi connectivity index (χ0n) is 28.1. The smallest absolute Gasteiger partial charge is 0.211 e. The van der Waals surface area contributed by atoms with Gasteiger partial charge in [0.2, 0.25) is 5.78 Å². The fourth-order valence-electron chi connectivity index (χ4n) is 7.23. The summed E-state index contributed by atoms with van der Waals surface area (Å²) in [6.07, 6.45) is 0.852. The summed E-state index contributed by atoms with van der Waals surface area (Å²) in [5.41, 5.74) is 2.08. The van der Waals surface area contributed by atoms with E-state index in [0.29, 0.717) is 81.3 Å². The van der Waals surface area contributed by atoms with Crippen molar-refractivity contribution in [3.05, 3.63) is 65.2 Å². The number of carbonyl (C=O) groups is 1. The maximum absolute atomic E-state index is 15.0. The van der Waals surface area contributed by atoms with E-state index in [1.807, 2.05) is 42.5 Å². The van der Waals surface area contributed by atoms with E-state index in [-0.39, 0.29) is 5.78 Å². The quantitative estimate of drug-likeness (QED) is 0.161. The molecule has 0 radical (unpaired) electrons. The highest BCUT2D eigenvalue weighted by Crippen LogP contribution is 2.56. The average Bonchev–Trinajstić information content (AvgIpc) is 3.14. The Hall–Kier alpha value is -5.51. The summed E-state index contributed by atoms with van der Waals surface area (Å²) in [5, 5.41) is 3.43. The lowest BCUT2D eigenvalue weighted by Crippen LogP contribution is -2.47. The number of aryl methyl sites for hydroxylation is 1. The average molecular weight is 653 g/mol. The van der Waals surface area contributed by atoms with Gasteiger partial charge in [0.05, 0.1) is 56.9 Å². The topological polar surface area (TPSA) is 100 Å². The molecule has 0 N–H and O–H groups in total. The van der Waals surface area contributed by atoms with Gasteiger partial charge in [-0.2, -0.15) is 0 Å². The van der Waals surface area contributed by atoms with Crippen LogP contribution in [0.3, 0.4) is 0 Å². The van der Waals surface area contributed by atoms with Crippen molar-refractivity contribution >= 4 is 27.3 Å². The molecule has 1 heterocycles. The molecule has 0 saturated heterocycles. The van der Waals surface area contributed by atoms with Gasteiger partial charge in [-0.3, -0.25) is 4.79 Å². The van der Waals surface area contributed by atoms with Gasteiger partial charge >= 0.3 is 0 Å². The molecular weight excluding hydrogens is 616 g/mol. The first-order chi connectivity index (χ1) is 23.3. The molecule has 248 valence electrons. The summed E-state index contributed by atoms with van der Waals surface area (Å²) in [6.45, 7) is 0. The maximum atomic E-state index is 15.0.